The molecule has 8 heteroatoms. The molecule has 0 spiro atoms. The number of aromatic hydroxyl groups is 2. The Kier molecular flexibility index (Phi) is 4.97. The van der Waals surface area contributed by atoms with Crippen molar-refractivity contribution in [3.63, 3.8) is 0 Å². The second-order valence-electron chi connectivity index (χ2n) is 9.31. The Morgan fingerprint density at radius 2 is 1.72 bits per heavy atom. The van der Waals surface area contributed by atoms with E-state index in [1.54, 1.807) is 6.07 Å². The molecule has 2 aliphatic carbocycles. The lowest BCUT2D eigenvalue weighted by molar-refractivity contribution is 0.0197. The minimum absolute atomic E-state index is 0.00930. The third-order valence-corrected chi connectivity index (χ3v) is 6.64. The Bertz CT molecular complexity index is 1250. The standard InChI is InChI=1S/C24H24O7Si/c1-31-15-7-5-6-12-17(15)23(29)19-18(20(12)26)21(27)13-10-24(30,8-9-32(2,3)4)11-14(25)16(13)22(19)28/h5-7,14,25,27-28,30H,10-11H2,1-4H3. The van der Waals surface area contributed by atoms with Crippen LogP contribution in [0.5, 0.6) is 17.2 Å². The van der Waals surface area contributed by atoms with E-state index in [0.717, 1.165) is 0 Å². The summed E-state index contributed by atoms with van der Waals surface area (Å²) in [5.41, 5.74) is 0.683. The molecule has 0 amide bonds. The molecular weight excluding hydrogens is 428 g/mol. The lowest BCUT2D eigenvalue weighted by atomic mass is 9.73. The minimum Gasteiger partial charge on any atom is -0.507 e. The van der Waals surface area contributed by atoms with Crippen molar-refractivity contribution in [3.8, 4) is 28.7 Å². The zero-order valence-corrected chi connectivity index (χ0v) is 19.2. The van der Waals surface area contributed by atoms with Crippen LogP contribution in [0.15, 0.2) is 18.2 Å². The van der Waals surface area contributed by atoms with E-state index >= 15 is 0 Å². The molecule has 0 heterocycles. The molecule has 0 fully saturated rings. The van der Waals surface area contributed by atoms with Gasteiger partial charge in [-0.05, 0) is 6.07 Å². The van der Waals surface area contributed by atoms with E-state index in [-0.39, 0.29) is 52.0 Å². The highest BCUT2D eigenvalue weighted by atomic mass is 28.3. The minimum atomic E-state index is -1.84. The first-order chi connectivity index (χ1) is 14.9. The van der Waals surface area contributed by atoms with Crippen molar-refractivity contribution in [3.05, 3.63) is 51.6 Å². The van der Waals surface area contributed by atoms with Gasteiger partial charge in [-0.15, -0.1) is 5.54 Å². The molecule has 0 aromatic heterocycles. The zero-order chi connectivity index (χ0) is 23.6. The fraction of sp³-hybridized carbons (Fsp3) is 0.333. The summed E-state index contributed by atoms with van der Waals surface area (Å²) < 4.78 is 5.22. The number of carbonyl (C=O) groups excluding carboxylic acids is 2. The molecule has 0 saturated heterocycles. The van der Waals surface area contributed by atoms with Gasteiger partial charge in [0.2, 0.25) is 5.78 Å². The number of hydrogen-bond acceptors (Lipinski definition) is 7. The molecule has 2 aliphatic rings. The van der Waals surface area contributed by atoms with Crippen molar-refractivity contribution >= 4 is 19.6 Å². The highest BCUT2D eigenvalue weighted by Gasteiger charge is 2.45. The molecule has 2 unspecified atom stereocenters. The van der Waals surface area contributed by atoms with Crippen molar-refractivity contribution in [2.75, 3.05) is 7.11 Å². The van der Waals surface area contributed by atoms with Crippen LogP contribution < -0.4 is 4.74 Å². The van der Waals surface area contributed by atoms with E-state index in [9.17, 15) is 30.0 Å². The van der Waals surface area contributed by atoms with Gasteiger partial charge >= 0.3 is 0 Å². The van der Waals surface area contributed by atoms with E-state index in [4.69, 9.17) is 4.74 Å². The van der Waals surface area contributed by atoms with Crippen molar-refractivity contribution < 1.29 is 34.8 Å². The summed E-state index contributed by atoms with van der Waals surface area (Å²) in [5.74, 6) is 0.552. The number of phenolic OH excluding ortho intramolecular Hbond substituents is 2. The van der Waals surface area contributed by atoms with Crippen LogP contribution in [0, 0.1) is 11.5 Å². The van der Waals surface area contributed by atoms with Crippen LogP contribution in [-0.2, 0) is 6.42 Å². The average Bonchev–Trinajstić information content (AvgIpc) is 2.71. The van der Waals surface area contributed by atoms with Gasteiger partial charge in [0, 0.05) is 29.5 Å². The number of aliphatic hydroxyl groups excluding tert-OH is 1. The summed E-state index contributed by atoms with van der Waals surface area (Å²) in [6, 6.07) is 4.52. The number of fused-ring (bicyclic) bond motifs is 3. The highest BCUT2D eigenvalue weighted by molar-refractivity contribution is 6.83. The molecule has 2 atom stereocenters. The molecule has 0 saturated carbocycles. The Morgan fingerprint density at radius 1 is 1.06 bits per heavy atom. The average molecular weight is 453 g/mol. The topological polar surface area (TPSA) is 124 Å². The van der Waals surface area contributed by atoms with Crippen LogP contribution >= 0.6 is 0 Å². The predicted octanol–water partition coefficient (Wildman–Crippen LogP) is 2.47. The van der Waals surface area contributed by atoms with Crippen molar-refractivity contribution in [2.45, 2.75) is 44.2 Å². The zero-order valence-electron chi connectivity index (χ0n) is 18.2. The van der Waals surface area contributed by atoms with Crippen LogP contribution in [0.2, 0.25) is 19.6 Å². The molecule has 0 radical (unpaired) electrons. The van der Waals surface area contributed by atoms with E-state index < -0.39 is 42.8 Å². The monoisotopic (exact) mass is 452 g/mol. The molecule has 0 aliphatic heterocycles. The summed E-state index contributed by atoms with van der Waals surface area (Å²) in [6.07, 6.45) is -1.79. The molecule has 2 aromatic carbocycles. The van der Waals surface area contributed by atoms with Crippen LogP contribution in [0.1, 0.15) is 55.5 Å². The molecule has 7 nitrogen and oxygen atoms in total. The van der Waals surface area contributed by atoms with Gasteiger partial charge in [0.15, 0.2) is 5.78 Å². The van der Waals surface area contributed by atoms with Gasteiger partial charge in [-0.3, -0.25) is 9.59 Å². The molecule has 4 N–H and O–H groups in total. The van der Waals surface area contributed by atoms with Crippen LogP contribution in [0.3, 0.4) is 0 Å². The first kappa shape index (κ1) is 22.1. The van der Waals surface area contributed by atoms with Crippen LogP contribution in [0.25, 0.3) is 0 Å². The van der Waals surface area contributed by atoms with E-state index in [1.807, 2.05) is 19.6 Å². The van der Waals surface area contributed by atoms with Gasteiger partial charge in [-0.25, -0.2) is 0 Å². The number of carbonyl (C=O) groups is 2. The maximum absolute atomic E-state index is 13.3. The molecular formula is C24H24O7Si. The first-order valence-electron chi connectivity index (χ1n) is 10.2. The highest BCUT2D eigenvalue weighted by Crippen LogP contribution is 2.50. The number of benzene rings is 2. The largest absolute Gasteiger partial charge is 0.507 e. The molecule has 2 aromatic rings. The number of phenols is 2. The number of hydrogen-bond donors (Lipinski definition) is 4. The Balaban J connectivity index is 1.95. The van der Waals surface area contributed by atoms with Gasteiger partial charge in [-0.2, -0.15) is 0 Å². The van der Waals surface area contributed by atoms with Gasteiger partial charge in [-0.1, -0.05) is 37.7 Å². The third-order valence-electron chi connectivity index (χ3n) is 5.77. The summed E-state index contributed by atoms with van der Waals surface area (Å²) in [7, 11) is -0.484. The molecule has 32 heavy (non-hydrogen) atoms. The fourth-order valence-electron chi connectivity index (χ4n) is 4.34. The van der Waals surface area contributed by atoms with Gasteiger partial charge in [0.05, 0.1) is 29.9 Å². The number of methoxy groups -OCH3 is 1. The maximum atomic E-state index is 13.3. The van der Waals surface area contributed by atoms with E-state index in [2.05, 4.69) is 11.5 Å². The number of ether oxygens (including phenoxy) is 1. The molecule has 0 bridgehead atoms. The number of aliphatic hydroxyl groups is 2. The summed E-state index contributed by atoms with van der Waals surface area (Å²) in [6.45, 7) is 6.02. The van der Waals surface area contributed by atoms with Crippen LogP contribution in [-0.4, -0.2) is 52.8 Å². The number of ketones is 2. The molecule has 166 valence electrons. The second kappa shape index (κ2) is 7.20. The van der Waals surface area contributed by atoms with Gasteiger partial charge in [0.25, 0.3) is 0 Å². The first-order valence-corrected chi connectivity index (χ1v) is 13.7. The SMILES string of the molecule is COc1cccc2c1C(=O)c1c(O)c3c(c(O)c1C2=O)CC(O)(C#C[Si](C)(C)C)CC3O. The quantitative estimate of drug-likeness (QED) is 0.254. The predicted molar refractivity (Wildman–Crippen MR) is 119 cm³/mol. The lowest BCUT2D eigenvalue weighted by Gasteiger charge is -2.35. The third kappa shape index (κ3) is 3.30. The lowest BCUT2D eigenvalue weighted by Crippen LogP contribution is -2.38. The summed E-state index contributed by atoms with van der Waals surface area (Å²) in [5, 5.41) is 43.8. The summed E-state index contributed by atoms with van der Waals surface area (Å²) in [4.78, 5) is 26.5. The number of rotatable bonds is 1. The van der Waals surface area contributed by atoms with E-state index in [1.165, 1.54) is 19.2 Å². The van der Waals surface area contributed by atoms with Crippen molar-refractivity contribution in [1.82, 2.24) is 0 Å². The Morgan fingerprint density at radius 3 is 2.34 bits per heavy atom. The summed E-state index contributed by atoms with van der Waals surface area (Å²) >= 11 is 0. The normalized spacial score (nSPS) is 21.8. The van der Waals surface area contributed by atoms with Crippen molar-refractivity contribution in [2.24, 2.45) is 0 Å². The van der Waals surface area contributed by atoms with Crippen LogP contribution in [0.4, 0.5) is 0 Å². The van der Waals surface area contributed by atoms with Crippen molar-refractivity contribution in [1.29, 1.82) is 0 Å². The Labute approximate surface area is 186 Å². The van der Waals surface area contributed by atoms with Gasteiger partial charge in [0.1, 0.15) is 30.9 Å². The van der Waals surface area contributed by atoms with E-state index in [0.29, 0.717) is 0 Å². The smallest absolute Gasteiger partial charge is 0.202 e. The maximum Gasteiger partial charge on any atom is 0.202 e. The molecule has 4 rings (SSSR count). The Hall–Kier alpha value is -3.12. The fourth-order valence-corrected chi connectivity index (χ4v) is 4.95. The van der Waals surface area contributed by atoms with Gasteiger partial charge < -0.3 is 25.2 Å². The second-order valence-corrected chi connectivity index (χ2v) is 14.1.